The highest BCUT2D eigenvalue weighted by atomic mass is 16.4. The van der Waals surface area contributed by atoms with Gasteiger partial charge in [0.05, 0.1) is 12.5 Å². The first-order chi connectivity index (χ1) is 10.4. The third-order valence-corrected chi connectivity index (χ3v) is 3.87. The molecule has 1 aliphatic rings. The van der Waals surface area contributed by atoms with Gasteiger partial charge in [-0.15, -0.1) is 0 Å². The number of carboxylic acids is 1. The van der Waals surface area contributed by atoms with Crippen LogP contribution in [0.3, 0.4) is 0 Å². The minimum absolute atomic E-state index is 0.133. The lowest BCUT2D eigenvalue weighted by molar-refractivity contribution is -0.143. The maximum Gasteiger partial charge on any atom is 0.305 e. The van der Waals surface area contributed by atoms with Crippen molar-refractivity contribution >= 4 is 17.8 Å². The van der Waals surface area contributed by atoms with Crippen LogP contribution in [-0.2, 0) is 9.59 Å². The summed E-state index contributed by atoms with van der Waals surface area (Å²) in [5.41, 5.74) is 0.569. The molecule has 118 valence electrons. The minimum Gasteiger partial charge on any atom is -0.481 e. The highest BCUT2D eigenvalue weighted by Crippen LogP contribution is 2.20. The zero-order valence-corrected chi connectivity index (χ0v) is 12.7. The van der Waals surface area contributed by atoms with Gasteiger partial charge >= 0.3 is 5.97 Å². The van der Waals surface area contributed by atoms with E-state index in [-0.39, 0.29) is 30.8 Å². The van der Waals surface area contributed by atoms with Crippen molar-refractivity contribution in [2.24, 2.45) is 0 Å². The predicted molar refractivity (Wildman–Crippen MR) is 80.4 cm³/mol. The van der Waals surface area contributed by atoms with Crippen LogP contribution < -0.4 is 0 Å². The summed E-state index contributed by atoms with van der Waals surface area (Å²) >= 11 is 0. The summed E-state index contributed by atoms with van der Waals surface area (Å²) in [6.45, 7) is 3.91. The van der Waals surface area contributed by atoms with Gasteiger partial charge in [0.25, 0.3) is 5.91 Å². The summed E-state index contributed by atoms with van der Waals surface area (Å²) in [5, 5.41) is 9.05. The van der Waals surface area contributed by atoms with E-state index in [4.69, 9.17) is 5.11 Å². The number of piperazine rings is 1. The van der Waals surface area contributed by atoms with Crippen LogP contribution in [0.25, 0.3) is 0 Å². The number of hydrogen-bond acceptors (Lipinski definition) is 3. The number of rotatable bonds is 3. The van der Waals surface area contributed by atoms with Crippen molar-refractivity contribution in [1.29, 1.82) is 0 Å². The lowest BCUT2D eigenvalue weighted by atomic mass is 10.0. The number of carbonyl (C=O) groups is 3. The molecule has 2 atom stereocenters. The van der Waals surface area contributed by atoms with Gasteiger partial charge in [0.1, 0.15) is 0 Å². The second kappa shape index (κ2) is 6.60. The van der Waals surface area contributed by atoms with Crippen LogP contribution in [0.4, 0.5) is 0 Å². The third kappa shape index (κ3) is 3.44. The Morgan fingerprint density at radius 2 is 1.82 bits per heavy atom. The fraction of sp³-hybridized carbons (Fsp3) is 0.438. The zero-order chi connectivity index (χ0) is 16.3. The molecule has 0 aliphatic carbocycles. The molecule has 0 aromatic heterocycles. The van der Waals surface area contributed by atoms with E-state index < -0.39 is 12.0 Å². The summed E-state index contributed by atoms with van der Waals surface area (Å²) in [4.78, 5) is 38.6. The predicted octanol–water partition coefficient (Wildman–Crippen LogP) is 1.22. The summed E-state index contributed by atoms with van der Waals surface area (Å²) in [5.74, 6) is -1.27. The molecule has 0 unspecified atom stereocenters. The molecule has 0 spiro atoms. The fourth-order valence-electron chi connectivity index (χ4n) is 3.04. The van der Waals surface area contributed by atoms with Gasteiger partial charge in [0.2, 0.25) is 5.91 Å². The summed E-state index contributed by atoms with van der Waals surface area (Å²) in [6, 6.07) is 8.18. The largest absolute Gasteiger partial charge is 0.481 e. The van der Waals surface area contributed by atoms with E-state index in [1.54, 1.807) is 34.1 Å². The van der Waals surface area contributed by atoms with Crippen LogP contribution in [0.15, 0.2) is 30.3 Å². The van der Waals surface area contributed by atoms with Crippen molar-refractivity contribution in [3.63, 3.8) is 0 Å². The Morgan fingerprint density at radius 3 is 2.36 bits per heavy atom. The SMILES string of the molecule is CC(=O)N1[C@H](CC(=O)O)CN(C(=O)c2ccccc2)C[C@@H]1C. The molecular formula is C16H20N2O4. The Morgan fingerprint density at radius 1 is 1.18 bits per heavy atom. The number of benzene rings is 1. The second-order valence-corrected chi connectivity index (χ2v) is 5.60. The topological polar surface area (TPSA) is 77.9 Å². The molecule has 0 bridgehead atoms. The molecule has 6 nitrogen and oxygen atoms in total. The normalized spacial score (nSPS) is 21.5. The first-order valence-corrected chi connectivity index (χ1v) is 7.25. The Hall–Kier alpha value is -2.37. The Labute approximate surface area is 129 Å². The molecule has 1 aromatic carbocycles. The quantitative estimate of drug-likeness (QED) is 0.911. The van der Waals surface area contributed by atoms with Crippen LogP contribution in [0.1, 0.15) is 30.6 Å². The second-order valence-electron chi connectivity index (χ2n) is 5.60. The van der Waals surface area contributed by atoms with Gasteiger partial charge in [-0.25, -0.2) is 0 Å². The van der Waals surface area contributed by atoms with Crippen LogP contribution >= 0.6 is 0 Å². The van der Waals surface area contributed by atoms with Crippen molar-refractivity contribution in [3.05, 3.63) is 35.9 Å². The van der Waals surface area contributed by atoms with E-state index in [2.05, 4.69) is 0 Å². The molecule has 0 radical (unpaired) electrons. The standard InChI is InChI=1S/C16H20N2O4/c1-11-9-17(16(22)13-6-4-3-5-7-13)10-14(8-15(20)21)18(11)12(2)19/h3-7,11,14H,8-10H2,1-2H3,(H,20,21)/t11-,14+/m0/s1. The number of hydrogen-bond donors (Lipinski definition) is 1. The third-order valence-electron chi connectivity index (χ3n) is 3.87. The van der Waals surface area contributed by atoms with Crippen molar-refractivity contribution in [2.75, 3.05) is 13.1 Å². The highest BCUT2D eigenvalue weighted by molar-refractivity contribution is 5.94. The van der Waals surface area contributed by atoms with Crippen molar-refractivity contribution < 1.29 is 19.5 Å². The van der Waals surface area contributed by atoms with Gasteiger partial charge in [-0.3, -0.25) is 14.4 Å². The van der Waals surface area contributed by atoms with Gasteiger partial charge in [0.15, 0.2) is 0 Å². The molecule has 2 rings (SSSR count). The average Bonchev–Trinajstić information content (AvgIpc) is 2.45. The van der Waals surface area contributed by atoms with Crippen LogP contribution in [0, 0.1) is 0 Å². The molecule has 1 saturated heterocycles. The first-order valence-electron chi connectivity index (χ1n) is 7.25. The fourth-order valence-corrected chi connectivity index (χ4v) is 3.04. The van der Waals surface area contributed by atoms with Gasteiger partial charge in [-0.1, -0.05) is 18.2 Å². The lowest BCUT2D eigenvalue weighted by Gasteiger charge is -2.45. The van der Waals surface area contributed by atoms with Gasteiger partial charge in [0, 0.05) is 31.6 Å². The average molecular weight is 304 g/mol. The van der Waals surface area contributed by atoms with E-state index in [1.807, 2.05) is 13.0 Å². The molecule has 0 saturated carbocycles. The monoisotopic (exact) mass is 304 g/mol. The molecule has 1 N–H and O–H groups in total. The van der Waals surface area contributed by atoms with E-state index in [0.717, 1.165) is 0 Å². The number of aliphatic carboxylic acids is 1. The lowest BCUT2D eigenvalue weighted by Crippen LogP contribution is -2.60. The van der Waals surface area contributed by atoms with Gasteiger partial charge in [-0.2, -0.15) is 0 Å². The summed E-state index contributed by atoms with van der Waals surface area (Å²) in [6.07, 6.45) is -0.164. The number of carboxylic acid groups (broad SMARTS) is 1. The minimum atomic E-state index is -0.975. The van der Waals surface area contributed by atoms with Crippen molar-refractivity contribution in [1.82, 2.24) is 9.80 Å². The van der Waals surface area contributed by atoms with Crippen LogP contribution in [-0.4, -0.2) is 57.9 Å². The van der Waals surface area contributed by atoms with Crippen molar-refractivity contribution in [3.8, 4) is 0 Å². The van der Waals surface area contributed by atoms with Gasteiger partial charge in [-0.05, 0) is 19.1 Å². The molecule has 1 heterocycles. The van der Waals surface area contributed by atoms with Crippen molar-refractivity contribution in [2.45, 2.75) is 32.4 Å². The Balaban J connectivity index is 2.20. The van der Waals surface area contributed by atoms with E-state index >= 15 is 0 Å². The van der Waals surface area contributed by atoms with E-state index in [1.165, 1.54) is 6.92 Å². The Kier molecular flexibility index (Phi) is 4.80. The Bertz CT molecular complexity index is 573. The maximum absolute atomic E-state index is 12.5. The molecule has 1 fully saturated rings. The molecule has 22 heavy (non-hydrogen) atoms. The smallest absolute Gasteiger partial charge is 0.305 e. The van der Waals surface area contributed by atoms with E-state index in [0.29, 0.717) is 12.1 Å². The molecular weight excluding hydrogens is 284 g/mol. The number of amides is 2. The van der Waals surface area contributed by atoms with Crippen LogP contribution in [0.5, 0.6) is 0 Å². The summed E-state index contributed by atoms with van der Waals surface area (Å²) < 4.78 is 0. The van der Waals surface area contributed by atoms with Gasteiger partial charge < -0.3 is 14.9 Å². The maximum atomic E-state index is 12.5. The zero-order valence-electron chi connectivity index (χ0n) is 12.7. The van der Waals surface area contributed by atoms with Crippen LogP contribution in [0.2, 0.25) is 0 Å². The molecule has 2 amide bonds. The summed E-state index contributed by atoms with van der Waals surface area (Å²) in [7, 11) is 0. The highest BCUT2D eigenvalue weighted by Gasteiger charge is 2.36. The molecule has 6 heteroatoms. The number of nitrogens with zero attached hydrogens (tertiary/aromatic N) is 2. The molecule has 1 aromatic rings. The molecule has 1 aliphatic heterocycles. The van der Waals surface area contributed by atoms with E-state index in [9.17, 15) is 14.4 Å². The first kappa shape index (κ1) is 16.0. The number of carbonyl (C=O) groups excluding carboxylic acids is 2.